The highest BCUT2D eigenvalue weighted by Gasteiger charge is 2.55. The summed E-state index contributed by atoms with van der Waals surface area (Å²) in [6, 6.07) is 0. The molecule has 1 atom stereocenters. The first-order valence-corrected chi connectivity index (χ1v) is 8.06. The molecule has 0 aromatic carbocycles. The van der Waals surface area contributed by atoms with E-state index in [1.165, 1.54) is 0 Å². The molecule has 8 nitrogen and oxygen atoms in total. The van der Waals surface area contributed by atoms with Crippen molar-refractivity contribution in [1.82, 2.24) is 14.1 Å². The van der Waals surface area contributed by atoms with Crippen LogP contribution in [0.1, 0.15) is 18.9 Å². The summed E-state index contributed by atoms with van der Waals surface area (Å²) in [5, 5.41) is 8.82. The second-order valence-electron chi connectivity index (χ2n) is 3.63. The van der Waals surface area contributed by atoms with E-state index in [0.29, 0.717) is 5.82 Å². The standard InChI is InChI=1S/C5H8N2O.C2HF6NO4S2/c1-4(8)5-6-2-3-7-5;3-1(4,5)14(10,11)9-15(12,13)2(6,7)8/h2-4,8H,1H3,(H,6,7);9H. The molecule has 0 spiro atoms. The Labute approximate surface area is 125 Å². The number of sulfonamides is 2. The normalized spacial score (nSPS) is 14.8. The lowest BCUT2D eigenvalue weighted by Gasteiger charge is -2.11. The lowest BCUT2D eigenvalue weighted by Crippen LogP contribution is -2.45. The SMILES string of the molecule is CC(O)c1ncc[nH]1.O=S(=O)(NS(=O)(=O)C(F)(F)F)C(F)(F)F. The van der Waals surface area contributed by atoms with Gasteiger partial charge in [-0.1, -0.05) is 4.13 Å². The van der Waals surface area contributed by atoms with Crippen LogP contribution < -0.4 is 4.13 Å². The first kappa shape index (κ1) is 21.6. The van der Waals surface area contributed by atoms with E-state index in [9.17, 15) is 43.2 Å². The van der Waals surface area contributed by atoms with Crippen molar-refractivity contribution in [1.29, 1.82) is 0 Å². The molecular weight excluding hydrogens is 384 g/mol. The number of aliphatic hydroxyl groups is 1. The van der Waals surface area contributed by atoms with Gasteiger partial charge in [0, 0.05) is 12.4 Å². The molecule has 0 radical (unpaired) electrons. The number of halogens is 6. The van der Waals surface area contributed by atoms with Crippen molar-refractivity contribution >= 4 is 20.0 Å². The molecule has 0 amide bonds. The summed E-state index contributed by atoms with van der Waals surface area (Å²) < 4.78 is 108. The molecule has 136 valence electrons. The second-order valence-corrected chi connectivity index (χ2v) is 7.24. The topological polar surface area (TPSA) is 129 Å². The molecule has 1 aromatic heterocycles. The maximum Gasteiger partial charge on any atom is 0.512 e. The van der Waals surface area contributed by atoms with Crippen molar-refractivity contribution in [3.05, 3.63) is 18.2 Å². The Bertz CT molecular complexity index is 650. The number of rotatable bonds is 3. The maximum absolute atomic E-state index is 11.5. The molecule has 0 fully saturated rings. The Kier molecular flexibility index (Phi) is 6.59. The Morgan fingerprint density at radius 3 is 1.65 bits per heavy atom. The van der Waals surface area contributed by atoms with Crippen molar-refractivity contribution in [3.63, 3.8) is 0 Å². The first-order valence-electron chi connectivity index (χ1n) is 5.10. The van der Waals surface area contributed by atoms with E-state index in [0.717, 1.165) is 0 Å². The van der Waals surface area contributed by atoms with Crippen LogP contribution in [0.4, 0.5) is 26.3 Å². The molecule has 0 saturated carbocycles. The second kappa shape index (κ2) is 7.02. The number of imidazole rings is 1. The molecule has 16 heteroatoms. The summed E-state index contributed by atoms with van der Waals surface area (Å²) in [5.74, 6) is 0.616. The van der Waals surface area contributed by atoms with Gasteiger partial charge in [-0.2, -0.15) is 26.3 Å². The predicted octanol–water partition coefficient (Wildman–Crippen LogP) is 0.738. The smallest absolute Gasteiger partial charge is 0.385 e. The third-order valence-electron chi connectivity index (χ3n) is 1.74. The van der Waals surface area contributed by atoms with Crippen LogP contribution in [0.15, 0.2) is 12.4 Å². The molecule has 0 saturated heterocycles. The van der Waals surface area contributed by atoms with Crippen molar-refractivity contribution < 1.29 is 48.3 Å². The minimum atomic E-state index is -6.60. The highest BCUT2D eigenvalue weighted by Crippen LogP contribution is 2.27. The monoisotopic (exact) mass is 393 g/mol. The number of H-pyrrole nitrogens is 1. The van der Waals surface area contributed by atoms with Crippen molar-refractivity contribution in [3.8, 4) is 0 Å². The van der Waals surface area contributed by atoms with E-state index in [4.69, 9.17) is 5.11 Å². The fourth-order valence-corrected chi connectivity index (χ4v) is 2.66. The predicted molar refractivity (Wildman–Crippen MR) is 62.3 cm³/mol. The Morgan fingerprint density at radius 1 is 1.09 bits per heavy atom. The van der Waals surface area contributed by atoms with Crippen LogP contribution in [-0.2, 0) is 20.0 Å². The van der Waals surface area contributed by atoms with Crippen LogP contribution >= 0.6 is 0 Å². The first-order chi connectivity index (χ1) is 10.0. The van der Waals surface area contributed by atoms with Gasteiger partial charge < -0.3 is 10.1 Å². The van der Waals surface area contributed by atoms with Gasteiger partial charge in [0.1, 0.15) is 11.9 Å². The molecule has 0 aliphatic carbocycles. The number of alkyl halides is 6. The van der Waals surface area contributed by atoms with Gasteiger partial charge in [0.05, 0.1) is 0 Å². The maximum atomic E-state index is 11.5. The summed E-state index contributed by atoms with van der Waals surface area (Å²) in [5.41, 5.74) is -12.3. The number of nitrogens with zero attached hydrogens (tertiary/aromatic N) is 1. The number of hydrogen-bond acceptors (Lipinski definition) is 6. The van der Waals surface area contributed by atoms with E-state index >= 15 is 0 Å². The van der Waals surface area contributed by atoms with Gasteiger partial charge in [0.15, 0.2) is 0 Å². The van der Waals surface area contributed by atoms with Crippen LogP contribution in [0.2, 0.25) is 0 Å². The minimum absolute atomic E-state index is 0.481. The average molecular weight is 393 g/mol. The zero-order chi connectivity index (χ0) is 18.7. The number of hydrogen-bond donors (Lipinski definition) is 3. The fourth-order valence-electron chi connectivity index (χ4n) is 0.745. The number of aromatic nitrogens is 2. The van der Waals surface area contributed by atoms with Gasteiger partial charge in [-0.25, -0.2) is 21.8 Å². The molecule has 1 aromatic rings. The fraction of sp³-hybridized carbons (Fsp3) is 0.571. The quantitative estimate of drug-likeness (QED) is 0.650. The molecule has 1 unspecified atom stereocenters. The van der Waals surface area contributed by atoms with Gasteiger partial charge >= 0.3 is 31.1 Å². The molecule has 23 heavy (non-hydrogen) atoms. The molecule has 3 N–H and O–H groups in total. The van der Waals surface area contributed by atoms with Gasteiger partial charge in [-0.3, -0.25) is 0 Å². The van der Waals surface area contributed by atoms with E-state index in [1.54, 1.807) is 19.3 Å². The lowest BCUT2D eigenvalue weighted by molar-refractivity contribution is -0.0476. The summed E-state index contributed by atoms with van der Waals surface area (Å²) in [6.45, 7) is 1.67. The van der Waals surface area contributed by atoms with E-state index in [-0.39, 0.29) is 0 Å². The Hall–Kier alpha value is -1.39. The highest BCUT2D eigenvalue weighted by atomic mass is 32.3. The van der Waals surface area contributed by atoms with E-state index in [1.807, 2.05) is 0 Å². The van der Waals surface area contributed by atoms with Gasteiger partial charge in [-0.05, 0) is 6.92 Å². The third kappa shape index (κ3) is 6.32. The molecule has 0 bridgehead atoms. The van der Waals surface area contributed by atoms with Crippen LogP contribution in [0.3, 0.4) is 0 Å². The zero-order valence-corrected chi connectivity index (χ0v) is 12.5. The average Bonchev–Trinajstić information content (AvgIpc) is 2.78. The van der Waals surface area contributed by atoms with Crippen molar-refractivity contribution in [2.24, 2.45) is 0 Å². The Balaban J connectivity index is 0.000000502. The van der Waals surface area contributed by atoms with Crippen molar-refractivity contribution in [2.45, 2.75) is 24.0 Å². The van der Waals surface area contributed by atoms with Crippen molar-refractivity contribution in [2.75, 3.05) is 0 Å². The number of aromatic amines is 1. The number of aliphatic hydroxyl groups excluding tert-OH is 1. The van der Waals surface area contributed by atoms with Crippen LogP contribution in [0.25, 0.3) is 0 Å². The summed E-state index contributed by atoms with van der Waals surface area (Å²) >= 11 is 0. The van der Waals surface area contributed by atoms with Crippen LogP contribution in [-0.4, -0.2) is 42.9 Å². The highest BCUT2D eigenvalue weighted by molar-refractivity contribution is 8.05. The van der Waals surface area contributed by atoms with Crippen LogP contribution in [0.5, 0.6) is 0 Å². The molecule has 0 aliphatic heterocycles. The largest absolute Gasteiger partial charge is 0.512 e. The zero-order valence-electron chi connectivity index (χ0n) is 10.8. The summed E-state index contributed by atoms with van der Waals surface area (Å²) in [4.78, 5) is 6.59. The molecular formula is C7H9F6N3O5S2. The third-order valence-corrected chi connectivity index (χ3v) is 4.72. The summed E-state index contributed by atoms with van der Waals surface area (Å²) in [6.07, 6.45) is 2.81. The lowest BCUT2D eigenvalue weighted by atomic mass is 10.4. The Morgan fingerprint density at radius 2 is 1.48 bits per heavy atom. The molecule has 0 aliphatic rings. The van der Waals surface area contributed by atoms with Crippen LogP contribution in [0, 0.1) is 0 Å². The van der Waals surface area contributed by atoms with E-state index < -0.39 is 41.3 Å². The molecule has 1 rings (SSSR count). The van der Waals surface area contributed by atoms with Gasteiger partial charge in [0.25, 0.3) is 0 Å². The van der Waals surface area contributed by atoms with E-state index in [2.05, 4.69) is 9.97 Å². The summed E-state index contributed by atoms with van der Waals surface area (Å²) in [7, 11) is -13.2. The van der Waals surface area contributed by atoms with Gasteiger partial charge in [0.2, 0.25) is 0 Å². The molecule has 1 heterocycles. The van der Waals surface area contributed by atoms with Gasteiger partial charge in [-0.15, -0.1) is 0 Å². The minimum Gasteiger partial charge on any atom is -0.385 e. The number of nitrogens with one attached hydrogen (secondary N) is 2.